The number of aryl methyl sites for hydroxylation is 3. The molecule has 18 heavy (non-hydrogen) atoms. The van der Waals surface area contributed by atoms with E-state index in [4.69, 9.17) is 10.3 Å². The van der Waals surface area contributed by atoms with Crippen molar-refractivity contribution in [3.8, 4) is 0 Å². The number of hydrogen-bond donors (Lipinski definition) is 2. The molecule has 0 amide bonds. The van der Waals surface area contributed by atoms with Gasteiger partial charge < -0.3 is 4.42 Å². The lowest BCUT2D eigenvalue weighted by molar-refractivity contribution is 0.478. The standard InChI is InChI=1S/C12H19N5O/c1-7-8(2)18-9(3)12(7)10(16-13)5-11-14-6-15-17(11)4/h6,10,16H,5,13H2,1-4H3. The summed E-state index contributed by atoms with van der Waals surface area (Å²) < 4.78 is 7.39. The molecule has 1 unspecified atom stereocenters. The lowest BCUT2D eigenvalue weighted by Crippen LogP contribution is -2.31. The molecule has 6 nitrogen and oxygen atoms in total. The zero-order valence-corrected chi connectivity index (χ0v) is 11.2. The molecular weight excluding hydrogens is 230 g/mol. The fourth-order valence-electron chi connectivity index (χ4n) is 2.25. The van der Waals surface area contributed by atoms with Crippen molar-refractivity contribution in [2.24, 2.45) is 12.9 Å². The number of nitrogens with one attached hydrogen (secondary N) is 1. The highest BCUT2D eigenvalue weighted by atomic mass is 16.3. The number of rotatable bonds is 4. The van der Waals surface area contributed by atoms with Gasteiger partial charge in [-0.05, 0) is 26.3 Å². The minimum absolute atomic E-state index is 0.0228. The van der Waals surface area contributed by atoms with Gasteiger partial charge in [-0.25, -0.2) is 4.98 Å². The Bertz CT molecular complexity index is 543. The molecule has 0 spiro atoms. The molecular formula is C12H19N5O. The molecule has 0 saturated carbocycles. The van der Waals surface area contributed by atoms with E-state index in [2.05, 4.69) is 15.5 Å². The van der Waals surface area contributed by atoms with Crippen molar-refractivity contribution in [2.45, 2.75) is 33.2 Å². The molecule has 0 bridgehead atoms. The molecule has 0 aliphatic heterocycles. The first-order valence-electron chi connectivity index (χ1n) is 5.90. The Morgan fingerprint density at radius 3 is 2.56 bits per heavy atom. The molecule has 0 saturated heterocycles. The van der Waals surface area contributed by atoms with Gasteiger partial charge in [0.15, 0.2) is 0 Å². The number of hydrogen-bond acceptors (Lipinski definition) is 5. The minimum atomic E-state index is -0.0228. The van der Waals surface area contributed by atoms with Crippen LogP contribution in [0.25, 0.3) is 0 Å². The van der Waals surface area contributed by atoms with Crippen molar-refractivity contribution >= 4 is 0 Å². The predicted octanol–water partition coefficient (Wildman–Crippen LogP) is 1.08. The number of aromatic nitrogens is 3. The Morgan fingerprint density at radius 1 is 1.39 bits per heavy atom. The summed E-state index contributed by atoms with van der Waals surface area (Å²) in [4.78, 5) is 4.22. The van der Waals surface area contributed by atoms with Crippen LogP contribution in [0.4, 0.5) is 0 Å². The monoisotopic (exact) mass is 249 g/mol. The van der Waals surface area contributed by atoms with Crippen LogP contribution in [0.2, 0.25) is 0 Å². The molecule has 2 heterocycles. The Labute approximate surface area is 106 Å². The second kappa shape index (κ2) is 4.91. The van der Waals surface area contributed by atoms with Crippen LogP contribution in [0.5, 0.6) is 0 Å². The summed E-state index contributed by atoms with van der Waals surface area (Å²) in [7, 11) is 1.87. The Morgan fingerprint density at radius 2 is 2.11 bits per heavy atom. The molecule has 6 heteroatoms. The maximum atomic E-state index is 5.67. The first-order valence-corrected chi connectivity index (χ1v) is 5.90. The first kappa shape index (κ1) is 12.8. The van der Waals surface area contributed by atoms with Crippen LogP contribution < -0.4 is 11.3 Å². The van der Waals surface area contributed by atoms with Gasteiger partial charge in [0.2, 0.25) is 0 Å². The van der Waals surface area contributed by atoms with E-state index in [1.807, 2.05) is 27.8 Å². The summed E-state index contributed by atoms with van der Waals surface area (Å²) in [6, 6.07) is -0.0228. The summed E-state index contributed by atoms with van der Waals surface area (Å²) >= 11 is 0. The smallest absolute Gasteiger partial charge is 0.138 e. The summed E-state index contributed by atoms with van der Waals surface area (Å²) in [6.45, 7) is 5.96. The predicted molar refractivity (Wildman–Crippen MR) is 67.7 cm³/mol. The first-order chi connectivity index (χ1) is 8.54. The second-order valence-electron chi connectivity index (χ2n) is 4.48. The molecule has 98 valence electrons. The molecule has 3 N–H and O–H groups in total. The Kier molecular flexibility index (Phi) is 3.49. The lowest BCUT2D eigenvalue weighted by atomic mass is 10.00. The molecule has 1 atom stereocenters. The quantitative estimate of drug-likeness (QED) is 0.626. The van der Waals surface area contributed by atoms with Gasteiger partial charge >= 0.3 is 0 Å². The van der Waals surface area contributed by atoms with Crippen LogP contribution in [0, 0.1) is 20.8 Å². The van der Waals surface area contributed by atoms with Crippen molar-refractivity contribution in [1.29, 1.82) is 0 Å². The molecule has 2 aromatic heterocycles. The third-order valence-corrected chi connectivity index (χ3v) is 3.36. The topological polar surface area (TPSA) is 81.9 Å². The SMILES string of the molecule is Cc1oc(C)c(C(Cc2ncnn2C)NN)c1C. The summed E-state index contributed by atoms with van der Waals surface area (Å²) in [5.41, 5.74) is 5.08. The van der Waals surface area contributed by atoms with Crippen molar-refractivity contribution in [3.05, 3.63) is 34.8 Å². The highest BCUT2D eigenvalue weighted by molar-refractivity contribution is 5.34. The van der Waals surface area contributed by atoms with Crippen molar-refractivity contribution in [1.82, 2.24) is 20.2 Å². The Balaban J connectivity index is 2.31. The molecule has 2 aromatic rings. The third kappa shape index (κ3) is 2.16. The number of nitrogens with two attached hydrogens (primary N) is 1. The molecule has 0 aromatic carbocycles. The molecule has 2 rings (SSSR count). The fourth-order valence-corrected chi connectivity index (χ4v) is 2.25. The van der Waals surface area contributed by atoms with Crippen LogP contribution in [0.3, 0.4) is 0 Å². The van der Waals surface area contributed by atoms with Gasteiger partial charge in [0.05, 0.1) is 6.04 Å². The summed E-state index contributed by atoms with van der Waals surface area (Å²) in [6.07, 6.45) is 2.22. The van der Waals surface area contributed by atoms with Crippen LogP contribution >= 0.6 is 0 Å². The number of nitrogens with zero attached hydrogens (tertiary/aromatic N) is 3. The number of hydrazine groups is 1. The zero-order chi connectivity index (χ0) is 13.3. The average Bonchev–Trinajstić information content (AvgIpc) is 2.83. The molecule has 0 radical (unpaired) electrons. The molecule has 0 fully saturated rings. The van der Waals surface area contributed by atoms with E-state index in [1.54, 1.807) is 11.0 Å². The maximum absolute atomic E-state index is 5.67. The van der Waals surface area contributed by atoms with Crippen molar-refractivity contribution in [2.75, 3.05) is 0 Å². The van der Waals surface area contributed by atoms with Gasteiger partial charge in [-0.1, -0.05) is 0 Å². The van der Waals surface area contributed by atoms with Gasteiger partial charge in [0, 0.05) is 19.0 Å². The van der Waals surface area contributed by atoms with E-state index in [9.17, 15) is 0 Å². The highest BCUT2D eigenvalue weighted by Crippen LogP contribution is 2.28. The zero-order valence-electron chi connectivity index (χ0n) is 11.2. The second-order valence-corrected chi connectivity index (χ2v) is 4.48. The van der Waals surface area contributed by atoms with Gasteiger partial charge in [-0.15, -0.1) is 0 Å². The van der Waals surface area contributed by atoms with Gasteiger partial charge in [0.25, 0.3) is 0 Å². The van der Waals surface area contributed by atoms with Crippen molar-refractivity contribution in [3.63, 3.8) is 0 Å². The normalized spacial score (nSPS) is 12.9. The van der Waals surface area contributed by atoms with E-state index in [0.717, 1.165) is 28.5 Å². The van der Waals surface area contributed by atoms with Crippen LogP contribution in [-0.2, 0) is 13.5 Å². The number of furan rings is 1. The fraction of sp³-hybridized carbons (Fsp3) is 0.500. The van der Waals surface area contributed by atoms with Gasteiger partial charge in [-0.2, -0.15) is 5.10 Å². The highest BCUT2D eigenvalue weighted by Gasteiger charge is 2.21. The van der Waals surface area contributed by atoms with Gasteiger partial charge in [0.1, 0.15) is 23.7 Å². The molecule has 0 aliphatic rings. The van der Waals surface area contributed by atoms with Crippen LogP contribution in [-0.4, -0.2) is 14.8 Å². The molecule has 0 aliphatic carbocycles. The van der Waals surface area contributed by atoms with E-state index >= 15 is 0 Å². The van der Waals surface area contributed by atoms with E-state index in [0.29, 0.717) is 6.42 Å². The van der Waals surface area contributed by atoms with E-state index in [1.165, 1.54) is 0 Å². The lowest BCUT2D eigenvalue weighted by Gasteiger charge is -2.16. The average molecular weight is 249 g/mol. The van der Waals surface area contributed by atoms with Crippen LogP contribution in [0.1, 0.15) is 34.5 Å². The minimum Gasteiger partial charge on any atom is -0.466 e. The largest absolute Gasteiger partial charge is 0.466 e. The van der Waals surface area contributed by atoms with Gasteiger partial charge in [-0.3, -0.25) is 16.0 Å². The summed E-state index contributed by atoms with van der Waals surface area (Å²) in [5, 5.41) is 4.06. The Hall–Kier alpha value is -1.66. The third-order valence-electron chi connectivity index (χ3n) is 3.36. The maximum Gasteiger partial charge on any atom is 0.138 e. The van der Waals surface area contributed by atoms with Crippen LogP contribution in [0.15, 0.2) is 10.7 Å². The van der Waals surface area contributed by atoms with Crippen molar-refractivity contribution < 1.29 is 4.42 Å². The van der Waals surface area contributed by atoms with E-state index < -0.39 is 0 Å². The van der Waals surface area contributed by atoms with E-state index in [-0.39, 0.29) is 6.04 Å². The summed E-state index contributed by atoms with van der Waals surface area (Å²) in [5.74, 6) is 8.38.